The number of halogens is 1. The summed E-state index contributed by atoms with van der Waals surface area (Å²) in [5.41, 5.74) is 6.31. The molecule has 5 heteroatoms. The van der Waals surface area contributed by atoms with Gasteiger partial charge in [-0.3, -0.25) is 4.98 Å². The lowest BCUT2D eigenvalue weighted by atomic mass is 9.94. The van der Waals surface area contributed by atoms with Crippen molar-refractivity contribution in [1.29, 1.82) is 0 Å². The number of nitrogens with zero attached hydrogens (tertiary/aromatic N) is 3. The quantitative estimate of drug-likeness (QED) is 0.899. The van der Waals surface area contributed by atoms with E-state index in [1.807, 2.05) is 13.1 Å². The van der Waals surface area contributed by atoms with E-state index >= 15 is 0 Å². The molecule has 0 fully saturated rings. The van der Waals surface area contributed by atoms with E-state index in [9.17, 15) is 4.39 Å². The predicted octanol–water partition coefficient (Wildman–Crippen LogP) is 2.24. The average molecular weight is 262 g/mol. The van der Waals surface area contributed by atoms with Crippen LogP contribution in [0.2, 0.25) is 0 Å². The lowest BCUT2D eigenvalue weighted by Crippen LogP contribution is -2.37. The Bertz CT molecular complexity index is 531. The maximum Gasteiger partial charge on any atom is 0.141 e. The highest BCUT2D eigenvalue weighted by Gasteiger charge is 2.25. The molecule has 2 aromatic rings. The molecular formula is C14H19FN4. The van der Waals surface area contributed by atoms with E-state index < -0.39 is 5.54 Å². The first-order valence-corrected chi connectivity index (χ1v) is 6.44. The van der Waals surface area contributed by atoms with Gasteiger partial charge < -0.3 is 10.3 Å². The minimum Gasteiger partial charge on any atom is -0.335 e. The zero-order chi connectivity index (χ0) is 13.9. The molecule has 0 aromatic carbocycles. The summed E-state index contributed by atoms with van der Waals surface area (Å²) < 4.78 is 15.0. The highest BCUT2D eigenvalue weighted by atomic mass is 19.1. The van der Waals surface area contributed by atoms with Gasteiger partial charge in [-0.1, -0.05) is 6.92 Å². The van der Waals surface area contributed by atoms with Gasteiger partial charge in [0.2, 0.25) is 0 Å². The van der Waals surface area contributed by atoms with Crippen molar-refractivity contribution in [3.63, 3.8) is 0 Å². The molecule has 0 saturated heterocycles. The van der Waals surface area contributed by atoms with E-state index in [0.717, 1.165) is 18.8 Å². The van der Waals surface area contributed by atoms with E-state index in [0.29, 0.717) is 12.1 Å². The summed E-state index contributed by atoms with van der Waals surface area (Å²) in [7, 11) is 0. The van der Waals surface area contributed by atoms with Crippen LogP contribution in [0.15, 0.2) is 30.7 Å². The fourth-order valence-electron chi connectivity index (χ4n) is 2.08. The molecule has 0 amide bonds. The van der Waals surface area contributed by atoms with Crippen LogP contribution in [0.1, 0.15) is 31.8 Å². The monoisotopic (exact) mass is 262 g/mol. The predicted molar refractivity (Wildman–Crippen MR) is 72.0 cm³/mol. The Hall–Kier alpha value is -1.75. The van der Waals surface area contributed by atoms with Crippen LogP contribution in [0, 0.1) is 5.82 Å². The van der Waals surface area contributed by atoms with Crippen LogP contribution < -0.4 is 5.73 Å². The highest BCUT2D eigenvalue weighted by Crippen LogP contribution is 2.20. The smallest absolute Gasteiger partial charge is 0.141 e. The summed E-state index contributed by atoms with van der Waals surface area (Å²) >= 11 is 0. The van der Waals surface area contributed by atoms with Gasteiger partial charge >= 0.3 is 0 Å². The summed E-state index contributed by atoms with van der Waals surface area (Å²) in [4.78, 5) is 8.41. The second-order valence-electron chi connectivity index (χ2n) is 4.99. The molecule has 4 nitrogen and oxygen atoms in total. The zero-order valence-electron chi connectivity index (χ0n) is 11.3. The Morgan fingerprint density at radius 2 is 2.16 bits per heavy atom. The van der Waals surface area contributed by atoms with Gasteiger partial charge in [-0.25, -0.2) is 9.37 Å². The molecule has 0 bridgehead atoms. The molecule has 2 N–H and O–H groups in total. The van der Waals surface area contributed by atoms with Crippen LogP contribution in [0.5, 0.6) is 0 Å². The molecular weight excluding hydrogens is 243 g/mol. The molecule has 19 heavy (non-hydrogen) atoms. The third-order valence-electron chi connectivity index (χ3n) is 3.10. The maximum atomic E-state index is 12.9. The number of hydrogen-bond acceptors (Lipinski definition) is 3. The van der Waals surface area contributed by atoms with Gasteiger partial charge in [0.05, 0.1) is 17.4 Å². The third kappa shape index (κ3) is 3.17. The van der Waals surface area contributed by atoms with Gasteiger partial charge in [0, 0.05) is 25.4 Å². The number of rotatable bonds is 5. The first-order valence-electron chi connectivity index (χ1n) is 6.44. The number of imidazole rings is 1. The first kappa shape index (κ1) is 13.7. The molecule has 102 valence electrons. The topological polar surface area (TPSA) is 56.7 Å². The van der Waals surface area contributed by atoms with Crippen LogP contribution in [0.4, 0.5) is 4.39 Å². The lowest BCUT2D eigenvalue weighted by Gasteiger charge is -2.24. The van der Waals surface area contributed by atoms with Crippen molar-refractivity contribution >= 4 is 0 Å². The van der Waals surface area contributed by atoms with Crippen molar-refractivity contribution in [2.75, 3.05) is 0 Å². The minimum absolute atomic E-state index is 0.355. The number of aromatic nitrogens is 3. The van der Waals surface area contributed by atoms with Crippen LogP contribution in [0.3, 0.4) is 0 Å². The van der Waals surface area contributed by atoms with E-state index in [4.69, 9.17) is 5.73 Å². The second kappa shape index (κ2) is 5.48. The van der Waals surface area contributed by atoms with Crippen molar-refractivity contribution in [3.05, 3.63) is 48.1 Å². The molecule has 1 atom stereocenters. The van der Waals surface area contributed by atoms with Crippen LogP contribution >= 0.6 is 0 Å². The van der Waals surface area contributed by atoms with E-state index in [-0.39, 0.29) is 5.82 Å². The highest BCUT2D eigenvalue weighted by molar-refractivity contribution is 5.17. The number of aryl methyl sites for hydroxylation is 1. The van der Waals surface area contributed by atoms with Crippen molar-refractivity contribution in [2.24, 2.45) is 5.73 Å². The largest absolute Gasteiger partial charge is 0.335 e. The number of pyridine rings is 1. The molecule has 0 radical (unpaired) electrons. The van der Waals surface area contributed by atoms with Gasteiger partial charge in [0.15, 0.2) is 0 Å². The van der Waals surface area contributed by atoms with Crippen molar-refractivity contribution in [3.8, 4) is 0 Å². The summed E-state index contributed by atoms with van der Waals surface area (Å²) in [6, 6.07) is 3.01. The standard InChI is InChI=1S/C14H19FN4/c1-3-7-19-8-6-17-13(19)9-14(2,16)12-5-4-11(15)10-18-12/h4-6,8,10H,3,7,9,16H2,1-2H3. The molecule has 1 unspecified atom stereocenters. The fraction of sp³-hybridized carbons (Fsp3) is 0.429. The summed E-state index contributed by atoms with van der Waals surface area (Å²) in [5, 5.41) is 0. The third-order valence-corrected chi connectivity index (χ3v) is 3.10. The lowest BCUT2D eigenvalue weighted by molar-refractivity contribution is 0.447. The van der Waals surface area contributed by atoms with Crippen LogP contribution in [-0.2, 0) is 18.5 Å². The SMILES string of the molecule is CCCn1ccnc1CC(C)(N)c1ccc(F)cn1. The van der Waals surface area contributed by atoms with Crippen LogP contribution in [0.25, 0.3) is 0 Å². The molecule has 0 aliphatic rings. The number of nitrogens with two attached hydrogens (primary N) is 1. The Kier molecular flexibility index (Phi) is 3.95. The van der Waals surface area contributed by atoms with E-state index in [1.165, 1.54) is 12.3 Å². The van der Waals surface area contributed by atoms with E-state index in [1.54, 1.807) is 12.3 Å². The second-order valence-corrected chi connectivity index (χ2v) is 4.99. The molecule has 0 saturated carbocycles. The normalized spacial score (nSPS) is 14.3. The van der Waals surface area contributed by atoms with Crippen molar-refractivity contribution in [2.45, 2.75) is 38.8 Å². The van der Waals surface area contributed by atoms with Crippen molar-refractivity contribution in [1.82, 2.24) is 14.5 Å². The maximum absolute atomic E-state index is 12.9. The molecule has 0 spiro atoms. The molecule has 0 aliphatic carbocycles. The van der Waals surface area contributed by atoms with Gasteiger partial charge in [-0.15, -0.1) is 0 Å². The zero-order valence-corrected chi connectivity index (χ0v) is 11.3. The minimum atomic E-state index is -0.662. The average Bonchev–Trinajstić information content (AvgIpc) is 2.77. The molecule has 2 rings (SSSR count). The molecule has 0 aliphatic heterocycles. The van der Waals surface area contributed by atoms with Crippen molar-refractivity contribution < 1.29 is 4.39 Å². The van der Waals surface area contributed by atoms with Gasteiger partial charge in [0.25, 0.3) is 0 Å². The van der Waals surface area contributed by atoms with E-state index in [2.05, 4.69) is 21.5 Å². The Balaban J connectivity index is 2.20. The van der Waals surface area contributed by atoms with Gasteiger partial charge in [0.1, 0.15) is 11.6 Å². The Morgan fingerprint density at radius 1 is 1.37 bits per heavy atom. The Morgan fingerprint density at radius 3 is 2.79 bits per heavy atom. The first-order chi connectivity index (χ1) is 9.03. The van der Waals surface area contributed by atoms with Gasteiger partial charge in [-0.2, -0.15) is 0 Å². The van der Waals surface area contributed by atoms with Gasteiger partial charge in [-0.05, 0) is 25.5 Å². The summed E-state index contributed by atoms with van der Waals surface area (Å²) in [6.07, 6.45) is 6.53. The Labute approximate surface area is 112 Å². The molecule has 2 heterocycles. The summed E-state index contributed by atoms with van der Waals surface area (Å²) in [5.74, 6) is 0.574. The fourth-order valence-corrected chi connectivity index (χ4v) is 2.08. The molecule has 2 aromatic heterocycles. The number of hydrogen-bond donors (Lipinski definition) is 1. The van der Waals surface area contributed by atoms with Crippen LogP contribution in [-0.4, -0.2) is 14.5 Å². The summed E-state index contributed by atoms with van der Waals surface area (Å²) in [6.45, 7) is 4.92.